The highest BCUT2D eigenvalue weighted by atomic mass is 31.1. The summed E-state index contributed by atoms with van der Waals surface area (Å²) in [6.45, 7) is 14.6. The zero-order valence-corrected chi connectivity index (χ0v) is 22.1. The highest BCUT2D eigenvalue weighted by molar-refractivity contribution is 7.61. The van der Waals surface area contributed by atoms with Gasteiger partial charge in [-0.25, -0.2) is 0 Å². The molecule has 0 N–H and O–H groups in total. The van der Waals surface area contributed by atoms with Crippen LogP contribution in [0.4, 0.5) is 0 Å². The lowest BCUT2D eigenvalue weighted by Crippen LogP contribution is -2.32. The molecule has 0 aromatic carbocycles. The van der Waals surface area contributed by atoms with Crippen molar-refractivity contribution in [2.24, 2.45) is 0 Å². The van der Waals surface area contributed by atoms with Crippen LogP contribution in [0.1, 0.15) is 72.2 Å². The summed E-state index contributed by atoms with van der Waals surface area (Å²) in [5, 5.41) is 0.265. The quantitative estimate of drug-likeness (QED) is 0.364. The molecule has 166 valence electrons. The van der Waals surface area contributed by atoms with Crippen molar-refractivity contribution >= 4 is 17.2 Å². The Balaban J connectivity index is 2.15. The maximum atomic E-state index is 4.80. The zero-order chi connectivity index (χ0) is 22.7. The van der Waals surface area contributed by atoms with E-state index in [1.807, 2.05) is 24.5 Å². The van der Waals surface area contributed by atoms with Crippen molar-refractivity contribution in [2.75, 3.05) is 6.16 Å². The molecule has 0 amide bonds. The molecule has 3 rings (SSSR count). The average molecular weight is 453 g/mol. The topological polar surface area (TPSA) is 25.8 Å². The standard InChI is InChI=1S/C27H38N2P2/c1-7-25(3,4)31(26(5,6)8-2)20-21-14-13-15-22(21)27(30,23-16-9-11-18-28-23)24-17-10-12-19-29-24/h9-14,16-19H,7-8,15,20,30H2,1-6H3. The maximum absolute atomic E-state index is 4.80. The molecule has 1 aliphatic carbocycles. The largest absolute Gasteiger partial charge is 0.260 e. The van der Waals surface area contributed by atoms with E-state index in [0.717, 1.165) is 24.0 Å². The number of hydrogen-bond donors (Lipinski definition) is 0. The second-order valence-electron chi connectivity index (χ2n) is 9.77. The molecule has 2 nitrogen and oxygen atoms in total. The fourth-order valence-electron chi connectivity index (χ4n) is 4.54. The van der Waals surface area contributed by atoms with Crippen molar-refractivity contribution in [1.82, 2.24) is 9.97 Å². The minimum absolute atomic E-state index is 0.229. The van der Waals surface area contributed by atoms with Gasteiger partial charge in [0.15, 0.2) is 0 Å². The lowest BCUT2D eigenvalue weighted by molar-refractivity contribution is 0.603. The van der Waals surface area contributed by atoms with Crippen molar-refractivity contribution in [3.63, 3.8) is 0 Å². The Labute approximate surface area is 193 Å². The second-order valence-corrected chi connectivity index (χ2v) is 14.2. The van der Waals surface area contributed by atoms with E-state index in [0.29, 0.717) is 10.3 Å². The van der Waals surface area contributed by atoms with E-state index in [1.54, 1.807) is 0 Å². The predicted molar refractivity (Wildman–Crippen MR) is 140 cm³/mol. The van der Waals surface area contributed by atoms with Crippen LogP contribution < -0.4 is 0 Å². The number of nitrogens with zero attached hydrogens (tertiary/aromatic N) is 2. The van der Waals surface area contributed by atoms with Gasteiger partial charge < -0.3 is 0 Å². The van der Waals surface area contributed by atoms with Gasteiger partial charge in [0, 0.05) is 12.4 Å². The first kappa shape index (κ1) is 24.3. The molecular formula is C27H38N2P2. The molecule has 0 spiro atoms. The second kappa shape index (κ2) is 9.64. The molecule has 2 heterocycles. The Morgan fingerprint density at radius 1 is 0.871 bits per heavy atom. The van der Waals surface area contributed by atoms with Gasteiger partial charge in [0.2, 0.25) is 0 Å². The van der Waals surface area contributed by atoms with Gasteiger partial charge in [-0.05, 0) is 71.1 Å². The molecule has 0 saturated carbocycles. The first-order valence-electron chi connectivity index (χ1n) is 11.5. The number of rotatable bonds is 9. The first-order chi connectivity index (χ1) is 14.7. The van der Waals surface area contributed by atoms with Gasteiger partial charge in [-0.1, -0.05) is 73.7 Å². The van der Waals surface area contributed by atoms with Gasteiger partial charge in [0.25, 0.3) is 0 Å². The molecule has 2 aromatic rings. The van der Waals surface area contributed by atoms with Crippen LogP contribution in [-0.2, 0) is 5.16 Å². The third kappa shape index (κ3) is 4.86. The van der Waals surface area contributed by atoms with Gasteiger partial charge in [0.05, 0.1) is 16.5 Å². The summed E-state index contributed by atoms with van der Waals surface area (Å²) in [6, 6.07) is 12.4. The summed E-state index contributed by atoms with van der Waals surface area (Å²) in [6.07, 6.45) is 13.0. The molecule has 0 saturated heterocycles. The Hall–Kier alpha value is -1.36. The molecule has 0 aliphatic heterocycles. The molecular weight excluding hydrogens is 414 g/mol. The number of pyridine rings is 2. The highest BCUT2D eigenvalue weighted by Crippen LogP contribution is 2.64. The molecule has 4 heteroatoms. The van der Waals surface area contributed by atoms with Crippen LogP contribution in [0.3, 0.4) is 0 Å². The summed E-state index contributed by atoms with van der Waals surface area (Å²) in [4.78, 5) is 9.60. The van der Waals surface area contributed by atoms with E-state index in [9.17, 15) is 0 Å². The summed E-state index contributed by atoms with van der Waals surface area (Å²) in [5.41, 5.74) is 5.01. The third-order valence-corrected chi connectivity index (χ3v) is 12.3. The molecule has 1 aliphatic rings. The van der Waals surface area contributed by atoms with E-state index < -0.39 is 5.16 Å². The van der Waals surface area contributed by atoms with Gasteiger partial charge in [0.1, 0.15) is 0 Å². The van der Waals surface area contributed by atoms with E-state index in [-0.39, 0.29) is 7.92 Å². The number of aromatic nitrogens is 2. The monoisotopic (exact) mass is 452 g/mol. The molecule has 0 fully saturated rings. The summed E-state index contributed by atoms with van der Waals surface area (Å²) >= 11 is 0. The van der Waals surface area contributed by atoms with Gasteiger partial charge >= 0.3 is 0 Å². The summed E-state index contributed by atoms with van der Waals surface area (Å²) < 4.78 is 0. The number of hydrogen-bond acceptors (Lipinski definition) is 2. The van der Waals surface area contributed by atoms with Crippen LogP contribution in [-0.4, -0.2) is 26.4 Å². The zero-order valence-electron chi connectivity index (χ0n) is 20.0. The Morgan fingerprint density at radius 3 is 1.81 bits per heavy atom. The van der Waals surface area contributed by atoms with Crippen LogP contribution in [0.5, 0.6) is 0 Å². The van der Waals surface area contributed by atoms with Gasteiger partial charge in [-0.3, -0.25) is 9.97 Å². The van der Waals surface area contributed by atoms with Crippen molar-refractivity contribution in [1.29, 1.82) is 0 Å². The maximum Gasteiger partial charge on any atom is 0.0902 e. The van der Waals surface area contributed by atoms with Gasteiger partial charge in [-0.15, -0.1) is 9.24 Å². The molecule has 1 unspecified atom stereocenters. The van der Waals surface area contributed by atoms with Crippen molar-refractivity contribution < 1.29 is 0 Å². The predicted octanol–water partition coefficient (Wildman–Crippen LogP) is 7.71. The van der Waals surface area contributed by atoms with Crippen LogP contribution in [0.25, 0.3) is 0 Å². The lowest BCUT2D eigenvalue weighted by Gasteiger charge is -2.46. The van der Waals surface area contributed by atoms with Crippen molar-refractivity contribution in [3.05, 3.63) is 83.5 Å². The average Bonchev–Trinajstić information content (AvgIpc) is 3.27. The van der Waals surface area contributed by atoms with Crippen LogP contribution in [0.15, 0.2) is 72.1 Å². The molecule has 0 bridgehead atoms. The molecule has 31 heavy (non-hydrogen) atoms. The Bertz CT molecular complexity index is 875. The third-order valence-electron chi connectivity index (χ3n) is 7.16. The van der Waals surface area contributed by atoms with Crippen LogP contribution in [0.2, 0.25) is 0 Å². The molecule has 2 aromatic heterocycles. The van der Waals surface area contributed by atoms with E-state index in [1.165, 1.54) is 24.0 Å². The fraction of sp³-hybridized carbons (Fsp3) is 0.481. The minimum Gasteiger partial charge on any atom is -0.260 e. The van der Waals surface area contributed by atoms with Gasteiger partial charge in [-0.2, -0.15) is 0 Å². The molecule has 1 atom stereocenters. The SMILES string of the molecule is CCC(C)(C)P(CC1=C(C(P)(c2ccccn2)c2ccccn2)CC=C1)C(C)(C)CC. The van der Waals surface area contributed by atoms with E-state index in [2.05, 4.69) is 87.2 Å². The van der Waals surface area contributed by atoms with Crippen molar-refractivity contribution in [3.8, 4) is 0 Å². The minimum atomic E-state index is -0.408. The first-order valence-corrected chi connectivity index (χ1v) is 13.6. The smallest absolute Gasteiger partial charge is 0.0902 e. The lowest BCUT2D eigenvalue weighted by atomic mass is 9.87. The Kier molecular flexibility index (Phi) is 7.55. The fourth-order valence-corrected chi connectivity index (χ4v) is 9.08. The van der Waals surface area contributed by atoms with Crippen LogP contribution in [0, 0.1) is 0 Å². The summed E-state index contributed by atoms with van der Waals surface area (Å²) in [7, 11) is 2.92. The normalized spacial score (nSPS) is 15.2. The van der Waals surface area contributed by atoms with Crippen LogP contribution >= 0.6 is 17.2 Å². The number of allylic oxidation sites excluding steroid dienone is 4. The summed E-state index contributed by atoms with van der Waals surface area (Å²) in [5.74, 6) is 0. The van der Waals surface area contributed by atoms with E-state index in [4.69, 9.17) is 9.97 Å². The highest BCUT2D eigenvalue weighted by Gasteiger charge is 2.42. The Morgan fingerprint density at radius 2 is 1.39 bits per heavy atom. The van der Waals surface area contributed by atoms with E-state index >= 15 is 0 Å². The molecule has 0 radical (unpaired) electrons. The van der Waals surface area contributed by atoms with Crippen molar-refractivity contribution in [2.45, 2.75) is 76.3 Å².